The number of anilines is 2. The van der Waals surface area contributed by atoms with E-state index in [1.165, 1.54) is 11.3 Å². The van der Waals surface area contributed by atoms with E-state index in [0.29, 0.717) is 30.2 Å². The lowest BCUT2D eigenvalue weighted by atomic mass is 9.90. The molecule has 0 bridgehead atoms. The Morgan fingerprint density at radius 1 is 1.05 bits per heavy atom. The fourth-order valence-corrected chi connectivity index (χ4v) is 7.00. The number of aromatic amines is 1. The number of nitrogens with one attached hydrogen (secondary N) is 2. The summed E-state index contributed by atoms with van der Waals surface area (Å²) in [4.78, 5) is 35.7. The number of nitrogens with zero attached hydrogens (tertiary/aromatic N) is 6. The zero-order chi connectivity index (χ0) is 29.3. The summed E-state index contributed by atoms with van der Waals surface area (Å²) in [5, 5.41) is 18.5. The molecule has 1 amide bonds. The number of aromatic nitrogens is 4. The van der Waals surface area contributed by atoms with Gasteiger partial charge in [0.1, 0.15) is 11.4 Å². The highest BCUT2D eigenvalue weighted by Gasteiger charge is 2.38. The van der Waals surface area contributed by atoms with Crippen LogP contribution in [0.25, 0.3) is 5.57 Å². The number of carbonyl (C=O) groups excluding carboxylic acids is 1. The standard InChI is InChI=1S/C31H38N8O3/c1-31(2)12-19-10-25-30(42)38(7-6-37(25)26(19)13-31)27-17-36(4)16-22(23(27)18-40)20-9-24(29(41)32-14-20)33-28-11-21-15-35(3)5-8-39(21)34-28/h9-11,14,16,40H,5-8,12-13,15,17-18H2,1-4H3,(H,32,41)(H,33,34). The largest absolute Gasteiger partial charge is 0.392 e. The molecule has 6 heterocycles. The third-order valence-corrected chi connectivity index (χ3v) is 9.00. The molecule has 0 saturated carbocycles. The number of fused-ring (bicyclic) bond motifs is 4. The van der Waals surface area contributed by atoms with Gasteiger partial charge in [-0.25, -0.2) is 0 Å². The molecule has 220 valence electrons. The normalized spacial score (nSPS) is 20.0. The van der Waals surface area contributed by atoms with Crippen molar-refractivity contribution in [3.63, 3.8) is 0 Å². The van der Waals surface area contributed by atoms with Crippen LogP contribution in [0.1, 0.15) is 46.9 Å². The number of hydrogen-bond acceptors (Lipinski definition) is 7. The summed E-state index contributed by atoms with van der Waals surface area (Å²) in [5.41, 5.74) is 7.72. The van der Waals surface area contributed by atoms with Crippen LogP contribution in [0.2, 0.25) is 0 Å². The lowest BCUT2D eigenvalue weighted by Gasteiger charge is -2.37. The molecular formula is C31H38N8O3. The van der Waals surface area contributed by atoms with Gasteiger partial charge in [-0.2, -0.15) is 5.10 Å². The van der Waals surface area contributed by atoms with Crippen LogP contribution in [0.5, 0.6) is 0 Å². The molecule has 3 aromatic rings. The van der Waals surface area contributed by atoms with Gasteiger partial charge in [-0.3, -0.25) is 19.2 Å². The van der Waals surface area contributed by atoms with E-state index in [1.807, 2.05) is 33.8 Å². The molecule has 11 nitrogen and oxygen atoms in total. The summed E-state index contributed by atoms with van der Waals surface area (Å²) < 4.78 is 4.18. The molecule has 7 rings (SSSR count). The minimum absolute atomic E-state index is 0.0257. The second kappa shape index (κ2) is 9.74. The van der Waals surface area contributed by atoms with Gasteiger partial charge < -0.3 is 29.8 Å². The lowest BCUT2D eigenvalue weighted by Crippen LogP contribution is -2.44. The lowest BCUT2D eigenvalue weighted by molar-refractivity contribution is 0.0746. The third kappa shape index (κ3) is 4.47. The maximum atomic E-state index is 13.9. The van der Waals surface area contributed by atoms with Crippen molar-refractivity contribution in [3.8, 4) is 0 Å². The van der Waals surface area contributed by atoms with E-state index in [1.54, 1.807) is 12.3 Å². The minimum Gasteiger partial charge on any atom is -0.392 e. The van der Waals surface area contributed by atoms with Crippen LogP contribution in [0.4, 0.5) is 11.5 Å². The summed E-state index contributed by atoms with van der Waals surface area (Å²) in [6.45, 7) is 8.64. The Balaban J connectivity index is 1.20. The number of hydrogen-bond donors (Lipinski definition) is 3. The van der Waals surface area contributed by atoms with Crippen LogP contribution in [0.15, 0.2) is 46.7 Å². The van der Waals surface area contributed by atoms with Crippen LogP contribution < -0.4 is 10.9 Å². The second-order valence-electron chi connectivity index (χ2n) is 12.9. The molecule has 0 saturated heterocycles. The van der Waals surface area contributed by atoms with Crippen LogP contribution in [0, 0.1) is 5.41 Å². The molecule has 0 unspecified atom stereocenters. The van der Waals surface area contributed by atoms with E-state index in [-0.39, 0.29) is 23.5 Å². The number of aliphatic hydroxyl groups excluding tert-OH is 1. The van der Waals surface area contributed by atoms with Gasteiger partial charge in [-0.15, -0.1) is 0 Å². The molecule has 3 aromatic heterocycles. The Bertz CT molecular complexity index is 1720. The van der Waals surface area contributed by atoms with Gasteiger partial charge in [0.15, 0.2) is 5.82 Å². The Morgan fingerprint density at radius 3 is 2.69 bits per heavy atom. The topological polar surface area (TPSA) is 115 Å². The van der Waals surface area contributed by atoms with Gasteiger partial charge >= 0.3 is 0 Å². The van der Waals surface area contributed by atoms with E-state index >= 15 is 0 Å². The van der Waals surface area contributed by atoms with Crippen molar-refractivity contribution in [1.82, 2.24) is 34.0 Å². The van der Waals surface area contributed by atoms with Gasteiger partial charge in [-0.1, -0.05) is 13.8 Å². The number of amides is 1. The van der Waals surface area contributed by atoms with Crippen molar-refractivity contribution in [2.45, 2.75) is 46.3 Å². The van der Waals surface area contributed by atoms with Crippen LogP contribution >= 0.6 is 0 Å². The first-order valence-electron chi connectivity index (χ1n) is 14.6. The molecule has 0 radical (unpaired) electrons. The molecule has 0 aromatic carbocycles. The predicted molar refractivity (Wildman–Crippen MR) is 160 cm³/mol. The molecular weight excluding hydrogens is 532 g/mol. The number of likely N-dealkylation sites (N-methyl/N-ethyl adjacent to an activating group) is 2. The summed E-state index contributed by atoms with van der Waals surface area (Å²) in [6, 6.07) is 5.84. The second-order valence-corrected chi connectivity index (χ2v) is 12.9. The highest BCUT2D eigenvalue weighted by Crippen LogP contribution is 2.40. The van der Waals surface area contributed by atoms with Crippen molar-refractivity contribution in [2.75, 3.05) is 45.7 Å². The van der Waals surface area contributed by atoms with Gasteiger partial charge in [-0.05, 0) is 43.0 Å². The zero-order valence-electron chi connectivity index (χ0n) is 24.7. The highest BCUT2D eigenvalue weighted by molar-refractivity contribution is 5.96. The van der Waals surface area contributed by atoms with Crippen molar-refractivity contribution >= 4 is 23.0 Å². The SMILES string of the molecule is CN1C=C(c2c[nH]c(=O)c(Nc3cc4n(n3)CCN(C)C4)c2)C(CO)=C(N2CCn3c(cc4c3CC(C)(C)C4)C2=O)C1. The molecule has 3 aliphatic heterocycles. The van der Waals surface area contributed by atoms with E-state index in [9.17, 15) is 14.7 Å². The average molecular weight is 571 g/mol. The fourth-order valence-electron chi connectivity index (χ4n) is 7.00. The summed E-state index contributed by atoms with van der Waals surface area (Å²) in [6.07, 6.45) is 5.59. The van der Waals surface area contributed by atoms with Crippen molar-refractivity contribution in [2.24, 2.45) is 5.41 Å². The predicted octanol–water partition coefficient (Wildman–Crippen LogP) is 2.38. The minimum atomic E-state index is -0.260. The first-order valence-corrected chi connectivity index (χ1v) is 14.6. The van der Waals surface area contributed by atoms with E-state index in [4.69, 9.17) is 0 Å². The highest BCUT2D eigenvalue weighted by atomic mass is 16.3. The fraction of sp³-hybridized carbons (Fsp3) is 0.452. The van der Waals surface area contributed by atoms with Crippen LogP contribution in [-0.2, 0) is 32.5 Å². The van der Waals surface area contributed by atoms with Crippen molar-refractivity contribution < 1.29 is 9.90 Å². The summed E-state index contributed by atoms with van der Waals surface area (Å²) in [5.74, 6) is 0.593. The first-order chi connectivity index (χ1) is 20.1. The van der Waals surface area contributed by atoms with Gasteiger partial charge in [0.2, 0.25) is 0 Å². The maximum absolute atomic E-state index is 13.9. The Morgan fingerprint density at radius 2 is 1.88 bits per heavy atom. The van der Waals surface area contributed by atoms with E-state index in [2.05, 4.69) is 51.8 Å². The maximum Gasteiger partial charge on any atom is 0.274 e. The molecule has 0 fully saturated rings. The average Bonchev–Trinajstić information content (AvgIpc) is 3.59. The van der Waals surface area contributed by atoms with Crippen molar-refractivity contribution in [3.05, 3.63) is 80.4 Å². The molecule has 42 heavy (non-hydrogen) atoms. The van der Waals surface area contributed by atoms with E-state index in [0.717, 1.165) is 67.2 Å². The first kappa shape index (κ1) is 26.8. The molecule has 0 atom stereocenters. The third-order valence-electron chi connectivity index (χ3n) is 9.00. The molecule has 1 aliphatic carbocycles. The number of rotatable bonds is 5. The Kier molecular flexibility index (Phi) is 6.21. The number of aliphatic hydroxyl groups is 1. The Hall–Kier alpha value is -4.09. The smallest absolute Gasteiger partial charge is 0.274 e. The quantitative estimate of drug-likeness (QED) is 0.432. The Labute approximate surface area is 244 Å². The van der Waals surface area contributed by atoms with Gasteiger partial charge in [0.25, 0.3) is 11.5 Å². The summed E-state index contributed by atoms with van der Waals surface area (Å²) in [7, 11) is 4.04. The molecule has 0 spiro atoms. The molecule has 4 aliphatic rings. The number of carbonyl (C=O) groups is 1. The van der Waals surface area contributed by atoms with Crippen molar-refractivity contribution in [1.29, 1.82) is 0 Å². The van der Waals surface area contributed by atoms with Gasteiger partial charge in [0, 0.05) is 79.8 Å². The molecule has 11 heteroatoms. The zero-order valence-corrected chi connectivity index (χ0v) is 24.7. The van der Waals surface area contributed by atoms with Gasteiger partial charge in [0.05, 0.1) is 25.4 Å². The van der Waals surface area contributed by atoms with Crippen LogP contribution in [0.3, 0.4) is 0 Å². The number of pyridine rings is 1. The van der Waals surface area contributed by atoms with Crippen LogP contribution in [-0.4, -0.2) is 85.4 Å². The summed E-state index contributed by atoms with van der Waals surface area (Å²) >= 11 is 0. The number of H-pyrrole nitrogens is 1. The monoisotopic (exact) mass is 570 g/mol. The molecule has 3 N–H and O–H groups in total. The van der Waals surface area contributed by atoms with E-state index < -0.39 is 0 Å².